The number of nitrogens with two attached hydrogens (primary N) is 1. The molecule has 3 N–H and O–H groups in total. The molecule has 5 rings (SSSR count). The zero-order valence-corrected chi connectivity index (χ0v) is 16.2. The van der Waals surface area contributed by atoms with Crippen LogP contribution in [0.2, 0.25) is 0 Å². The zero-order chi connectivity index (χ0) is 19.3. The third-order valence-electron chi connectivity index (χ3n) is 5.86. The van der Waals surface area contributed by atoms with Crippen molar-refractivity contribution in [3.8, 4) is 11.4 Å². The van der Waals surface area contributed by atoms with Crippen molar-refractivity contribution in [1.29, 1.82) is 0 Å². The van der Waals surface area contributed by atoms with E-state index in [0.717, 1.165) is 53.0 Å². The number of hydrogen-bond acceptors (Lipinski definition) is 5. The second-order valence-electron chi connectivity index (χ2n) is 7.67. The summed E-state index contributed by atoms with van der Waals surface area (Å²) in [6, 6.07) is 14.9. The Morgan fingerprint density at radius 3 is 2.82 bits per heavy atom. The van der Waals surface area contributed by atoms with Crippen LogP contribution in [0, 0.1) is 0 Å². The minimum absolute atomic E-state index is 0.547. The van der Waals surface area contributed by atoms with Gasteiger partial charge in [-0.3, -0.25) is 4.98 Å². The minimum Gasteiger partial charge on any atom is -0.398 e. The number of hydrogen-bond donors (Lipinski definition) is 2. The molecule has 0 amide bonds. The Morgan fingerprint density at radius 2 is 1.96 bits per heavy atom. The monoisotopic (exact) mass is 372 g/mol. The zero-order valence-electron chi connectivity index (χ0n) is 16.2. The number of benzene rings is 2. The van der Waals surface area contributed by atoms with E-state index in [1.54, 1.807) is 6.20 Å². The largest absolute Gasteiger partial charge is 0.398 e. The summed E-state index contributed by atoms with van der Waals surface area (Å²) in [6.45, 7) is 5.42. The Bertz CT molecular complexity index is 1160. The highest BCUT2D eigenvalue weighted by molar-refractivity contribution is 5.97. The number of pyridine rings is 1. The topological polar surface area (TPSA) is 74.1 Å². The fourth-order valence-corrected chi connectivity index (χ4v) is 3.96. The highest BCUT2D eigenvalue weighted by atomic mass is 15.3. The minimum atomic E-state index is 0.547. The average molecular weight is 372 g/mol. The molecule has 0 bridgehead atoms. The van der Waals surface area contributed by atoms with Crippen LogP contribution in [-0.2, 0) is 0 Å². The van der Waals surface area contributed by atoms with Crippen LogP contribution in [0.15, 0.2) is 48.7 Å². The lowest BCUT2D eigenvalue weighted by Gasteiger charge is -2.39. The van der Waals surface area contributed by atoms with Gasteiger partial charge in [-0.1, -0.05) is 18.2 Å². The predicted molar refractivity (Wildman–Crippen MR) is 116 cm³/mol. The third kappa shape index (κ3) is 2.77. The first-order valence-corrected chi connectivity index (χ1v) is 9.69. The molecule has 0 spiro atoms. The highest BCUT2D eigenvalue weighted by Gasteiger charge is 2.21. The summed E-state index contributed by atoms with van der Waals surface area (Å²) in [5, 5.41) is 0.951. The van der Waals surface area contributed by atoms with Crippen LogP contribution in [0.25, 0.3) is 33.3 Å². The predicted octanol–water partition coefficient (Wildman–Crippen LogP) is 3.50. The Balaban J connectivity index is 1.53. The van der Waals surface area contributed by atoms with Crippen molar-refractivity contribution in [2.24, 2.45) is 0 Å². The van der Waals surface area contributed by atoms with E-state index in [1.807, 2.05) is 24.3 Å². The Kier molecular flexibility index (Phi) is 3.94. The van der Waals surface area contributed by atoms with Crippen LogP contribution in [0.3, 0.4) is 0 Å². The summed E-state index contributed by atoms with van der Waals surface area (Å²) in [6.07, 6.45) is 1.80. The number of aromatic amines is 1. The Morgan fingerprint density at radius 1 is 1.11 bits per heavy atom. The number of nitrogens with one attached hydrogen (secondary N) is 1. The van der Waals surface area contributed by atoms with Gasteiger partial charge >= 0.3 is 0 Å². The molecular formula is C22H24N6. The van der Waals surface area contributed by atoms with Gasteiger partial charge in [0, 0.05) is 42.9 Å². The van der Waals surface area contributed by atoms with Crippen LogP contribution >= 0.6 is 0 Å². The van der Waals surface area contributed by atoms with E-state index in [-0.39, 0.29) is 0 Å². The SMILES string of the molecule is CC1CN(c2ccc3nc(-c4cnc5ccccc5c4N)[nH]c3c2)CCN1C. The molecule has 0 saturated carbocycles. The summed E-state index contributed by atoms with van der Waals surface area (Å²) in [4.78, 5) is 17.6. The molecule has 142 valence electrons. The van der Waals surface area contributed by atoms with Crippen LogP contribution in [0.5, 0.6) is 0 Å². The molecule has 2 aromatic carbocycles. The average Bonchev–Trinajstić information content (AvgIpc) is 3.13. The van der Waals surface area contributed by atoms with E-state index in [4.69, 9.17) is 10.7 Å². The summed E-state index contributed by atoms with van der Waals surface area (Å²) in [5.74, 6) is 0.759. The van der Waals surface area contributed by atoms with Crippen molar-refractivity contribution < 1.29 is 0 Å². The fraction of sp³-hybridized carbons (Fsp3) is 0.273. The van der Waals surface area contributed by atoms with Crippen LogP contribution in [0.1, 0.15) is 6.92 Å². The van der Waals surface area contributed by atoms with Gasteiger partial charge < -0.3 is 20.5 Å². The molecule has 28 heavy (non-hydrogen) atoms. The number of nitrogen functional groups attached to an aromatic ring is 1. The summed E-state index contributed by atoms with van der Waals surface area (Å²) < 4.78 is 0. The van der Waals surface area contributed by atoms with Crippen molar-refractivity contribution in [2.45, 2.75) is 13.0 Å². The summed E-state index contributed by atoms with van der Waals surface area (Å²) >= 11 is 0. The van der Waals surface area contributed by atoms with Gasteiger partial charge in [-0.15, -0.1) is 0 Å². The molecule has 0 radical (unpaired) electrons. The van der Waals surface area contributed by atoms with Gasteiger partial charge in [-0.2, -0.15) is 0 Å². The number of fused-ring (bicyclic) bond motifs is 2. The number of aromatic nitrogens is 3. The number of imidazole rings is 1. The number of likely N-dealkylation sites (N-methyl/N-ethyl adjacent to an activating group) is 1. The van der Waals surface area contributed by atoms with Gasteiger partial charge in [0.1, 0.15) is 5.82 Å². The quantitative estimate of drug-likeness (QED) is 0.563. The molecule has 1 unspecified atom stereocenters. The van der Waals surface area contributed by atoms with Crippen molar-refractivity contribution in [2.75, 3.05) is 37.3 Å². The first-order chi connectivity index (χ1) is 13.6. The normalized spacial score (nSPS) is 18.2. The second-order valence-corrected chi connectivity index (χ2v) is 7.67. The van der Waals surface area contributed by atoms with Crippen LogP contribution in [-0.4, -0.2) is 52.6 Å². The Hall–Kier alpha value is -3.12. The molecule has 0 aliphatic carbocycles. The van der Waals surface area contributed by atoms with E-state index in [9.17, 15) is 0 Å². The van der Waals surface area contributed by atoms with Crippen molar-refractivity contribution in [1.82, 2.24) is 19.9 Å². The number of H-pyrrole nitrogens is 1. The molecule has 1 aliphatic rings. The maximum absolute atomic E-state index is 6.44. The molecule has 2 aromatic heterocycles. The van der Waals surface area contributed by atoms with Gasteiger partial charge in [0.05, 0.1) is 27.8 Å². The van der Waals surface area contributed by atoms with E-state index in [2.05, 4.69) is 51.9 Å². The van der Waals surface area contributed by atoms with Crippen molar-refractivity contribution in [3.05, 3.63) is 48.7 Å². The highest BCUT2D eigenvalue weighted by Crippen LogP contribution is 2.31. The first-order valence-electron chi connectivity index (χ1n) is 9.69. The lowest BCUT2D eigenvalue weighted by atomic mass is 10.1. The van der Waals surface area contributed by atoms with Gasteiger partial charge in [-0.25, -0.2) is 4.98 Å². The second kappa shape index (κ2) is 6.49. The van der Waals surface area contributed by atoms with Gasteiger partial charge in [0.25, 0.3) is 0 Å². The molecule has 1 aliphatic heterocycles. The number of para-hydroxylation sites is 1. The Labute approximate surface area is 164 Å². The van der Waals surface area contributed by atoms with Crippen LogP contribution in [0.4, 0.5) is 11.4 Å². The smallest absolute Gasteiger partial charge is 0.142 e. The lowest BCUT2D eigenvalue weighted by Crippen LogP contribution is -2.50. The molecule has 6 nitrogen and oxygen atoms in total. The number of piperazine rings is 1. The summed E-state index contributed by atoms with van der Waals surface area (Å²) in [7, 11) is 2.19. The van der Waals surface area contributed by atoms with Gasteiger partial charge in [0.2, 0.25) is 0 Å². The molecule has 3 heterocycles. The van der Waals surface area contributed by atoms with Crippen LogP contribution < -0.4 is 10.6 Å². The fourth-order valence-electron chi connectivity index (χ4n) is 3.96. The van der Waals surface area contributed by atoms with Gasteiger partial charge in [-0.05, 0) is 38.2 Å². The molecule has 6 heteroatoms. The van der Waals surface area contributed by atoms with Crippen molar-refractivity contribution in [3.63, 3.8) is 0 Å². The molecule has 1 fully saturated rings. The molecule has 1 atom stereocenters. The molecular weight excluding hydrogens is 348 g/mol. The molecule has 1 saturated heterocycles. The molecule has 4 aromatic rings. The first kappa shape index (κ1) is 17.0. The van der Waals surface area contributed by atoms with E-state index < -0.39 is 0 Å². The van der Waals surface area contributed by atoms with E-state index >= 15 is 0 Å². The standard InChI is InChI=1S/C22H24N6/c1-14-13-28(10-9-27(14)2)15-7-8-19-20(11-15)26-22(25-19)17-12-24-18-6-4-3-5-16(18)21(17)23/h3-8,11-12,14H,9-10,13H2,1-2H3,(H2,23,24)(H,25,26). The number of rotatable bonds is 2. The van der Waals surface area contributed by atoms with Gasteiger partial charge in [0.15, 0.2) is 0 Å². The summed E-state index contributed by atoms with van der Waals surface area (Å²) in [5.41, 5.74) is 12.1. The van der Waals surface area contributed by atoms with E-state index in [1.165, 1.54) is 5.69 Å². The number of anilines is 2. The maximum atomic E-state index is 6.44. The van der Waals surface area contributed by atoms with Crippen molar-refractivity contribution >= 4 is 33.3 Å². The maximum Gasteiger partial charge on any atom is 0.142 e. The lowest BCUT2D eigenvalue weighted by molar-refractivity contribution is 0.234. The number of nitrogens with zero attached hydrogens (tertiary/aromatic N) is 4. The van der Waals surface area contributed by atoms with E-state index in [0.29, 0.717) is 11.7 Å². The third-order valence-corrected chi connectivity index (χ3v) is 5.86.